The molecule has 0 amide bonds. The van der Waals surface area contributed by atoms with Crippen molar-refractivity contribution in [2.24, 2.45) is 0 Å². The molecule has 2 aliphatic rings. The smallest absolute Gasteiger partial charge is 0.163 e. The standard InChI is InChI=1S/C19H16ClN3O3/c20-12-2-1-11-3-4-23(16(11)5-12)19-14-6-18-17(7-15(14)21-10-22-19)25-9-13(8-24)26-18/h1-2,5-7,10,13,24H,3-4,8-9H2. The number of fused-ring (bicyclic) bond motifs is 3. The molecule has 0 spiro atoms. The van der Waals surface area contributed by atoms with E-state index < -0.39 is 0 Å². The fourth-order valence-electron chi connectivity index (χ4n) is 3.53. The molecule has 7 heteroatoms. The van der Waals surface area contributed by atoms with E-state index in [4.69, 9.17) is 21.1 Å². The minimum absolute atomic E-state index is 0.0897. The van der Waals surface area contributed by atoms with Gasteiger partial charge in [-0.15, -0.1) is 0 Å². The summed E-state index contributed by atoms with van der Waals surface area (Å²) in [4.78, 5) is 11.1. The minimum atomic E-state index is -0.362. The normalized spacial score (nSPS) is 18.2. The molecular formula is C19H16ClN3O3. The molecule has 5 rings (SSSR count). The van der Waals surface area contributed by atoms with E-state index in [0.29, 0.717) is 23.1 Å². The van der Waals surface area contributed by atoms with E-state index in [1.807, 2.05) is 24.3 Å². The molecule has 132 valence electrons. The quantitative estimate of drug-likeness (QED) is 0.748. The van der Waals surface area contributed by atoms with Crippen molar-refractivity contribution < 1.29 is 14.6 Å². The summed E-state index contributed by atoms with van der Waals surface area (Å²) in [6.45, 7) is 1.06. The van der Waals surface area contributed by atoms with E-state index in [9.17, 15) is 5.11 Å². The highest BCUT2D eigenvalue weighted by atomic mass is 35.5. The van der Waals surface area contributed by atoms with Gasteiger partial charge in [-0.25, -0.2) is 9.97 Å². The van der Waals surface area contributed by atoms with Crippen molar-refractivity contribution in [2.45, 2.75) is 12.5 Å². The number of anilines is 2. The highest BCUT2D eigenvalue weighted by Gasteiger charge is 2.26. The van der Waals surface area contributed by atoms with Crippen LogP contribution in [0.25, 0.3) is 10.9 Å². The van der Waals surface area contributed by atoms with Gasteiger partial charge in [0.1, 0.15) is 18.8 Å². The highest BCUT2D eigenvalue weighted by Crippen LogP contribution is 2.41. The van der Waals surface area contributed by atoms with Crippen molar-refractivity contribution in [2.75, 3.05) is 24.7 Å². The van der Waals surface area contributed by atoms with Crippen LogP contribution in [-0.2, 0) is 6.42 Å². The Hall–Kier alpha value is -2.57. The number of halogens is 1. The summed E-state index contributed by atoms with van der Waals surface area (Å²) in [6.07, 6.45) is 2.14. The molecule has 3 aromatic rings. The van der Waals surface area contributed by atoms with Crippen LogP contribution in [0.1, 0.15) is 5.56 Å². The molecule has 0 saturated carbocycles. The zero-order valence-electron chi connectivity index (χ0n) is 13.9. The summed E-state index contributed by atoms with van der Waals surface area (Å²) in [5.41, 5.74) is 3.11. The maximum Gasteiger partial charge on any atom is 0.163 e. The van der Waals surface area contributed by atoms with Gasteiger partial charge in [0.05, 0.1) is 12.1 Å². The van der Waals surface area contributed by atoms with Gasteiger partial charge < -0.3 is 19.5 Å². The third-order valence-electron chi connectivity index (χ3n) is 4.80. The molecule has 1 unspecified atom stereocenters. The van der Waals surface area contributed by atoms with Gasteiger partial charge in [0.15, 0.2) is 17.6 Å². The molecule has 2 aliphatic heterocycles. The van der Waals surface area contributed by atoms with Gasteiger partial charge in [0, 0.05) is 28.7 Å². The van der Waals surface area contributed by atoms with Crippen molar-refractivity contribution in [1.29, 1.82) is 0 Å². The van der Waals surface area contributed by atoms with E-state index in [2.05, 4.69) is 20.9 Å². The molecule has 1 atom stereocenters. The molecule has 1 aromatic heterocycles. The van der Waals surface area contributed by atoms with Crippen molar-refractivity contribution in [3.05, 3.63) is 47.2 Å². The van der Waals surface area contributed by atoms with Gasteiger partial charge in [-0.3, -0.25) is 0 Å². The molecule has 0 radical (unpaired) electrons. The van der Waals surface area contributed by atoms with Crippen LogP contribution in [0.5, 0.6) is 11.5 Å². The Kier molecular flexibility index (Phi) is 3.62. The SMILES string of the molecule is OCC1COc2cc3ncnc(N4CCc5ccc(Cl)cc54)c3cc2O1. The van der Waals surface area contributed by atoms with E-state index in [1.165, 1.54) is 5.56 Å². The third-order valence-corrected chi connectivity index (χ3v) is 5.04. The third kappa shape index (κ3) is 2.45. The van der Waals surface area contributed by atoms with Gasteiger partial charge in [-0.1, -0.05) is 17.7 Å². The van der Waals surface area contributed by atoms with Crippen LogP contribution >= 0.6 is 11.6 Å². The van der Waals surface area contributed by atoms with Gasteiger partial charge in [0.25, 0.3) is 0 Å². The molecule has 0 aliphatic carbocycles. The Labute approximate surface area is 155 Å². The van der Waals surface area contributed by atoms with Gasteiger partial charge in [-0.2, -0.15) is 0 Å². The first-order valence-corrected chi connectivity index (χ1v) is 8.86. The topological polar surface area (TPSA) is 67.7 Å². The molecule has 6 nitrogen and oxygen atoms in total. The van der Waals surface area contributed by atoms with Crippen molar-refractivity contribution in [3.63, 3.8) is 0 Å². The maximum atomic E-state index is 9.34. The van der Waals surface area contributed by atoms with Crippen LogP contribution in [0.2, 0.25) is 5.02 Å². The highest BCUT2D eigenvalue weighted by molar-refractivity contribution is 6.31. The zero-order chi connectivity index (χ0) is 17.7. The average Bonchev–Trinajstić information content (AvgIpc) is 3.08. The van der Waals surface area contributed by atoms with Crippen LogP contribution in [0.15, 0.2) is 36.7 Å². The number of aromatic nitrogens is 2. The van der Waals surface area contributed by atoms with Gasteiger partial charge >= 0.3 is 0 Å². The summed E-state index contributed by atoms with van der Waals surface area (Å²) in [7, 11) is 0. The second-order valence-corrected chi connectivity index (χ2v) is 6.86. The molecular weight excluding hydrogens is 354 g/mol. The predicted octanol–water partition coefficient (Wildman–Crippen LogP) is 3.11. The molecule has 0 fully saturated rings. The number of aliphatic hydroxyl groups excluding tert-OH is 1. The number of rotatable bonds is 2. The first kappa shape index (κ1) is 15.7. The largest absolute Gasteiger partial charge is 0.486 e. The second-order valence-electron chi connectivity index (χ2n) is 6.42. The Balaban J connectivity index is 1.65. The summed E-state index contributed by atoms with van der Waals surface area (Å²) >= 11 is 6.20. The molecule has 1 N–H and O–H groups in total. The number of hydrogen-bond donors (Lipinski definition) is 1. The number of aliphatic hydroxyl groups is 1. The van der Waals surface area contributed by atoms with Crippen LogP contribution in [0.3, 0.4) is 0 Å². The van der Waals surface area contributed by atoms with Crippen molar-refractivity contribution in [1.82, 2.24) is 9.97 Å². The lowest BCUT2D eigenvalue weighted by Gasteiger charge is -2.26. The van der Waals surface area contributed by atoms with Crippen molar-refractivity contribution >= 4 is 34.0 Å². The van der Waals surface area contributed by atoms with E-state index in [-0.39, 0.29) is 12.7 Å². The lowest BCUT2D eigenvalue weighted by molar-refractivity contribution is 0.0459. The Morgan fingerprint density at radius 1 is 1.19 bits per heavy atom. The Morgan fingerprint density at radius 3 is 3.00 bits per heavy atom. The van der Waals surface area contributed by atoms with Crippen LogP contribution < -0.4 is 14.4 Å². The van der Waals surface area contributed by atoms with Crippen molar-refractivity contribution in [3.8, 4) is 11.5 Å². The fraction of sp³-hybridized carbons (Fsp3) is 0.263. The second kappa shape index (κ2) is 6.00. The summed E-state index contributed by atoms with van der Waals surface area (Å²) in [5, 5.41) is 10.9. The first-order chi connectivity index (χ1) is 12.7. The number of nitrogens with zero attached hydrogens (tertiary/aromatic N) is 3. The Bertz CT molecular complexity index is 1010. The molecule has 3 heterocycles. The summed E-state index contributed by atoms with van der Waals surface area (Å²) in [5.74, 6) is 2.05. The molecule has 0 saturated heterocycles. The van der Waals surface area contributed by atoms with E-state index >= 15 is 0 Å². The monoisotopic (exact) mass is 369 g/mol. The average molecular weight is 370 g/mol. The number of hydrogen-bond acceptors (Lipinski definition) is 6. The van der Waals surface area contributed by atoms with Crippen LogP contribution in [-0.4, -0.2) is 40.9 Å². The zero-order valence-corrected chi connectivity index (χ0v) is 14.6. The van der Waals surface area contributed by atoms with Crippen LogP contribution in [0, 0.1) is 0 Å². The molecule has 0 bridgehead atoms. The first-order valence-electron chi connectivity index (χ1n) is 8.48. The number of benzene rings is 2. The molecule has 26 heavy (non-hydrogen) atoms. The van der Waals surface area contributed by atoms with Gasteiger partial charge in [0.2, 0.25) is 0 Å². The maximum absolute atomic E-state index is 9.34. The fourth-order valence-corrected chi connectivity index (χ4v) is 3.70. The number of ether oxygens (including phenoxy) is 2. The van der Waals surface area contributed by atoms with Gasteiger partial charge in [-0.05, 0) is 30.2 Å². The molecule has 2 aromatic carbocycles. The Morgan fingerprint density at radius 2 is 2.12 bits per heavy atom. The van der Waals surface area contributed by atoms with Crippen LogP contribution in [0.4, 0.5) is 11.5 Å². The predicted molar refractivity (Wildman–Crippen MR) is 98.7 cm³/mol. The van der Waals surface area contributed by atoms with E-state index in [1.54, 1.807) is 6.33 Å². The van der Waals surface area contributed by atoms with E-state index in [0.717, 1.165) is 35.4 Å². The lowest BCUT2D eigenvalue weighted by Crippen LogP contribution is -2.32. The summed E-state index contributed by atoms with van der Waals surface area (Å²) in [6, 6.07) is 9.70. The minimum Gasteiger partial charge on any atom is -0.486 e. The summed E-state index contributed by atoms with van der Waals surface area (Å²) < 4.78 is 11.5. The lowest BCUT2D eigenvalue weighted by atomic mass is 10.1.